The van der Waals surface area contributed by atoms with E-state index in [1.165, 1.54) is 24.3 Å². The second-order valence-electron chi connectivity index (χ2n) is 7.42. The summed E-state index contributed by atoms with van der Waals surface area (Å²) in [6.07, 6.45) is -8.50. The fourth-order valence-corrected chi connectivity index (χ4v) is 3.49. The Balaban J connectivity index is 1.85. The topological polar surface area (TPSA) is 211 Å². The molecule has 5 atom stereocenters. The van der Waals surface area contributed by atoms with Crippen molar-refractivity contribution in [3.05, 3.63) is 40.6 Å². The van der Waals surface area contributed by atoms with Crippen LogP contribution in [0.2, 0.25) is 0 Å². The SMILES string of the molecule is O=c1c(O)c(-c2ccc(O)cc2)oc2cc(O)c(O)c(O[C@H]3O[C@@H](CO)[C@H](O)[C@@H](O)[C@@H]3O)c12. The summed E-state index contributed by atoms with van der Waals surface area (Å²) in [4.78, 5) is 13.0. The van der Waals surface area contributed by atoms with Crippen molar-refractivity contribution in [3.8, 4) is 40.1 Å². The van der Waals surface area contributed by atoms with Gasteiger partial charge in [-0.05, 0) is 24.3 Å². The Morgan fingerprint density at radius 2 is 1.58 bits per heavy atom. The molecule has 0 amide bonds. The summed E-state index contributed by atoms with van der Waals surface area (Å²) in [5, 5.41) is 79.2. The Labute approximate surface area is 184 Å². The third-order valence-corrected chi connectivity index (χ3v) is 5.28. The standard InChI is InChI=1S/C21H20O12/c22-6-11-14(26)16(28)18(30)21(32-11)33-20-12-10(5-9(24)13(20)25)31-19(17(29)15(12)27)7-1-3-8(23)4-2-7/h1-5,11,14,16,18,21-26,28-30H,6H2/t11-,14-,16+,18-,21+/m0/s1. The number of hydrogen-bond donors (Lipinski definition) is 8. The van der Waals surface area contributed by atoms with Gasteiger partial charge in [-0.1, -0.05) is 0 Å². The summed E-state index contributed by atoms with van der Waals surface area (Å²) in [6.45, 7) is -0.753. The fourth-order valence-electron chi connectivity index (χ4n) is 3.49. The third-order valence-electron chi connectivity index (χ3n) is 5.28. The molecule has 0 unspecified atom stereocenters. The molecule has 1 fully saturated rings. The van der Waals surface area contributed by atoms with E-state index in [1.54, 1.807) is 0 Å². The Morgan fingerprint density at radius 1 is 0.909 bits per heavy atom. The first-order chi connectivity index (χ1) is 15.6. The Hall–Kier alpha value is -3.55. The first-order valence-corrected chi connectivity index (χ1v) is 9.65. The molecule has 0 saturated carbocycles. The molecule has 2 heterocycles. The van der Waals surface area contributed by atoms with Crippen LogP contribution in [0.15, 0.2) is 39.5 Å². The Bertz CT molecular complexity index is 1230. The van der Waals surface area contributed by atoms with Gasteiger partial charge in [0, 0.05) is 11.6 Å². The van der Waals surface area contributed by atoms with Gasteiger partial charge in [0.05, 0.1) is 6.61 Å². The highest BCUT2D eigenvalue weighted by Gasteiger charge is 2.45. The maximum absolute atomic E-state index is 13.0. The summed E-state index contributed by atoms with van der Waals surface area (Å²) in [5.41, 5.74) is -1.18. The van der Waals surface area contributed by atoms with Crippen LogP contribution in [0.1, 0.15) is 0 Å². The van der Waals surface area contributed by atoms with Crippen LogP contribution in [0.4, 0.5) is 0 Å². The molecule has 33 heavy (non-hydrogen) atoms. The molecule has 12 heteroatoms. The van der Waals surface area contributed by atoms with Gasteiger partial charge in [0.15, 0.2) is 17.3 Å². The lowest BCUT2D eigenvalue weighted by Crippen LogP contribution is -2.60. The van der Waals surface area contributed by atoms with Crippen LogP contribution >= 0.6 is 0 Å². The summed E-state index contributed by atoms with van der Waals surface area (Å²) in [5.74, 6) is -3.72. The molecule has 0 aliphatic carbocycles. The third kappa shape index (κ3) is 3.79. The molecule has 2 aromatic carbocycles. The molecule has 1 aliphatic rings. The van der Waals surface area contributed by atoms with E-state index < -0.39 is 71.1 Å². The molecule has 1 aliphatic heterocycles. The van der Waals surface area contributed by atoms with Crippen LogP contribution in [-0.4, -0.2) is 78.2 Å². The number of aliphatic hydroxyl groups excluding tert-OH is 4. The van der Waals surface area contributed by atoms with E-state index in [9.17, 15) is 45.6 Å². The first kappa shape index (κ1) is 22.6. The highest BCUT2D eigenvalue weighted by Crippen LogP contribution is 2.44. The zero-order chi connectivity index (χ0) is 24.0. The number of rotatable bonds is 4. The Morgan fingerprint density at radius 3 is 2.21 bits per heavy atom. The molecule has 176 valence electrons. The number of aliphatic hydroxyl groups is 4. The first-order valence-electron chi connectivity index (χ1n) is 9.65. The molecule has 4 rings (SSSR count). The number of hydrogen-bond acceptors (Lipinski definition) is 12. The van der Waals surface area contributed by atoms with Gasteiger partial charge in [-0.25, -0.2) is 0 Å². The molecular formula is C21H20O12. The van der Waals surface area contributed by atoms with Gasteiger partial charge in [-0.3, -0.25) is 4.79 Å². The summed E-state index contributed by atoms with van der Waals surface area (Å²) in [7, 11) is 0. The van der Waals surface area contributed by atoms with Crippen molar-refractivity contribution in [2.45, 2.75) is 30.7 Å². The molecule has 0 bridgehead atoms. The minimum absolute atomic E-state index is 0.0702. The number of phenols is 3. The van der Waals surface area contributed by atoms with Gasteiger partial charge < -0.3 is 54.7 Å². The van der Waals surface area contributed by atoms with E-state index in [-0.39, 0.29) is 22.7 Å². The van der Waals surface area contributed by atoms with Crippen LogP contribution < -0.4 is 10.2 Å². The normalized spacial score (nSPS) is 25.3. The van der Waals surface area contributed by atoms with E-state index in [4.69, 9.17) is 13.9 Å². The van der Waals surface area contributed by atoms with Crippen LogP contribution in [0.3, 0.4) is 0 Å². The van der Waals surface area contributed by atoms with Gasteiger partial charge in [-0.15, -0.1) is 0 Å². The predicted molar refractivity (Wildman–Crippen MR) is 109 cm³/mol. The molecule has 8 N–H and O–H groups in total. The van der Waals surface area contributed by atoms with Crippen molar-refractivity contribution in [3.63, 3.8) is 0 Å². The van der Waals surface area contributed by atoms with Crippen molar-refractivity contribution in [2.24, 2.45) is 0 Å². The molecular weight excluding hydrogens is 444 g/mol. The van der Waals surface area contributed by atoms with Crippen molar-refractivity contribution in [1.82, 2.24) is 0 Å². The van der Waals surface area contributed by atoms with Gasteiger partial charge in [0.1, 0.15) is 41.1 Å². The molecule has 1 saturated heterocycles. The molecule has 1 aromatic heterocycles. The zero-order valence-electron chi connectivity index (χ0n) is 16.7. The largest absolute Gasteiger partial charge is 0.508 e. The molecule has 12 nitrogen and oxygen atoms in total. The molecule has 0 spiro atoms. The van der Waals surface area contributed by atoms with Crippen LogP contribution in [-0.2, 0) is 4.74 Å². The summed E-state index contributed by atoms with van der Waals surface area (Å²) < 4.78 is 16.1. The smallest absolute Gasteiger partial charge is 0.238 e. The predicted octanol–water partition coefficient (Wildman–Crippen LogP) is -0.539. The average molecular weight is 464 g/mol. The lowest BCUT2D eigenvalue weighted by molar-refractivity contribution is -0.277. The van der Waals surface area contributed by atoms with E-state index in [0.29, 0.717) is 0 Å². The van der Waals surface area contributed by atoms with Crippen molar-refractivity contribution >= 4 is 11.0 Å². The maximum atomic E-state index is 13.0. The van der Waals surface area contributed by atoms with Gasteiger partial charge in [0.25, 0.3) is 0 Å². The minimum Gasteiger partial charge on any atom is -0.508 e. The highest BCUT2D eigenvalue weighted by atomic mass is 16.7. The molecule has 0 radical (unpaired) electrons. The number of phenolic OH excluding ortho intramolecular Hbond substituents is 3. The van der Waals surface area contributed by atoms with Crippen LogP contribution in [0.5, 0.6) is 28.7 Å². The lowest BCUT2D eigenvalue weighted by atomic mass is 9.99. The lowest BCUT2D eigenvalue weighted by Gasteiger charge is -2.39. The zero-order valence-corrected chi connectivity index (χ0v) is 16.7. The van der Waals surface area contributed by atoms with Gasteiger partial charge in [-0.2, -0.15) is 0 Å². The van der Waals surface area contributed by atoms with E-state index in [1.807, 2.05) is 0 Å². The number of benzene rings is 2. The highest BCUT2D eigenvalue weighted by molar-refractivity contribution is 5.91. The van der Waals surface area contributed by atoms with Gasteiger partial charge in [0.2, 0.25) is 23.2 Å². The molecule has 3 aromatic rings. The maximum Gasteiger partial charge on any atom is 0.238 e. The fraction of sp³-hybridized carbons (Fsp3) is 0.286. The second-order valence-corrected chi connectivity index (χ2v) is 7.42. The number of aromatic hydroxyl groups is 4. The monoisotopic (exact) mass is 464 g/mol. The summed E-state index contributed by atoms with van der Waals surface area (Å²) >= 11 is 0. The van der Waals surface area contributed by atoms with Crippen molar-refractivity contribution < 1.29 is 54.7 Å². The van der Waals surface area contributed by atoms with E-state index >= 15 is 0 Å². The quantitative estimate of drug-likeness (QED) is 0.229. The average Bonchev–Trinajstić information content (AvgIpc) is 2.80. The Kier molecular flexibility index (Phi) is 5.78. The van der Waals surface area contributed by atoms with Crippen LogP contribution in [0, 0.1) is 0 Å². The summed E-state index contributed by atoms with van der Waals surface area (Å²) in [6, 6.07) is 6.22. The van der Waals surface area contributed by atoms with Crippen LogP contribution in [0.25, 0.3) is 22.3 Å². The van der Waals surface area contributed by atoms with Crippen molar-refractivity contribution in [1.29, 1.82) is 0 Å². The number of ether oxygens (including phenoxy) is 2. The minimum atomic E-state index is -1.88. The van der Waals surface area contributed by atoms with Gasteiger partial charge >= 0.3 is 0 Å². The van der Waals surface area contributed by atoms with E-state index in [0.717, 1.165) is 6.07 Å². The number of fused-ring (bicyclic) bond motifs is 1. The second kappa shape index (κ2) is 8.42. The van der Waals surface area contributed by atoms with E-state index in [2.05, 4.69) is 0 Å². The van der Waals surface area contributed by atoms with Crippen molar-refractivity contribution in [2.75, 3.05) is 6.61 Å².